The summed E-state index contributed by atoms with van der Waals surface area (Å²) in [5, 5.41) is 23.1. The SMILES string of the molecule is CCCCCCCCC/C=C\CCCCCCCC(=O)OCCCCCCCCC/C=C\CCCCCCCC(=O)NC(CO)C(O)CCCCCCCCCCCC. The van der Waals surface area contributed by atoms with Crippen molar-refractivity contribution in [3.8, 4) is 0 Å². The van der Waals surface area contributed by atoms with Gasteiger partial charge in [-0.05, 0) is 77.0 Å². The van der Waals surface area contributed by atoms with Crippen LogP contribution in [-0.4, -0.2) is 47.4 Å². The number of hydrogen-bond acceptors (Lipinski definition) is 5. The van der Waals surface area contributed by atoms with E-state index in [1.54, 1.807) is 0 Å². The summed E-state index contributed by atoms with van der Waals surface area (Å²) in [5.41, 5.74) is 0. The number of unbranched alkanes of at least 4 members (excludes halogenated alkanes) is 33. The number of hydrogen-bond donors (Lipinski definition) is 3. The van der Waals surface area contributed by atoms with E-state index in [9.17, 15) is 19.8 Å². The van der Waals surface area contributed by atoms with Gasteiger partial charge < -0.3 is 20.3 Å². The van der Waals surface area contributed by atoms with Crippen molar-refractivity contribution in [3.63, 3.8) is 0 Å². The van der Waals surface area contributed by atoms with Crippen LogP contribution in [0.25, 0.3) is 0 Å². The molecule has 0 aromatic rings. The summed E-state index contributed by atoms with van der Waals surface area (Å²) in [6.45, 7) is 4.90. The van der Waals surface area contributed by atoms with Crippen LogP contribution >= 0.6 is 0 Å². The van der Waals surface area contributed by atoms with E-state index in [1.165, 1.54) is 180 Å². The molecule has 0 fully saturated rings. The van der Waals surface area contributed by atoms with Crippen LogP contribution in [0.15, 0.2) is 24.3 Å². The number of esters is 1. The first kappa shape index (κ1) is 57.3. The Balaban J connectivity index is 3.45. The Kier molecular flexibility index (Phi) is 47.6. The second kappa shape index (κ2) is 49.0. The van der Waals surface area contributed by atoms with Crippen molar-refractivity contribution < 1.29 is 24.5 Å². The first-order valence-corrected chi connectivity index (χ1v) is 26.1. The van der Waals surface area contributed by atoms with Crippen LogP contribution < -0.4 is 5.32 Å². The van der Waals surface area contributed by atoms with Gasteiger partial charge in [-0.2, -0.15) is 0 Å². The van der Waals surface area contributed by atoms with Crippen LogP contribution in [-0.2, 0) is 14.3 Å². The molecule has 0 radical (unpaired) electrons. The summed E-state index contributed by atoms with van der Waals surface area (Å²) in [6, 6.07) is -0.552. The van der Waals surface area contributed by atoms with E-state index >= 15 is 0 Å². The van der Waals surface area contributed by atoms with Crippen LogP contribution in [0.3, 0.4) is 0 Å². The molecule has 0 heterocycles. The zero-order chi connectivity index (χ0) is 43.0. The molecule has 0 rings (SSSR count). The average Bonchev–Trinajstić information content (AvgIpc) is 3.24. The summed E-state index contributed by atoms with van der Waals surface area (Å²) in [5.74, 6) is -0.0649. The van der Waals surface area contributed by atoms with Crippen molar-refractivity contribution in [2.45, 2.75) is 289 Å². The lowest BCUT2D eigenvalue weighted by molar-refractivity contribution is -0.143. The summed E-state index contributed by atoms with van der Waals surface area (Å²) in [6.07, 6.45) is 57.2. The quantitative estimate of drug-likeness (QED) is 0.0322. The van der Waals surface area contributed by atoms with Crippen molar-refractivity contribution >= 4 is 11.9 Å². The van der Waals surface area contributed by atoms with Gasteiger partial charge in [0.1, 0.15) is 0 Å². The highest BCUT2D eigenvalue weighted by atomic mass is 16.5. The molecule has 348 valence electrons. The molecule has 0 aromatic carbocycles. The van der Waals surface area contributed by atoms with Gasteiger partial charge in [0.25, 0.3) is 0 Å². The fraction of sp³-hybridized carbons (Fsp3) is 0.887. The molecule has 0 aliphatic rings. The minimum atomic E-state index is -0.673. The predicted molar refractivity (Wildman–Crippen MR) is 255 cm³/mol. The Hall–Kier alpha value is -1.66. The van der Waals surface area contributed by atoms with E-state index in [4.69, 9.17) is 4.74 Å². The zero-order valence-corrected chi connectivity index (χ0v) is 39.5. The maximum atomic E-state index is 12.4. The lowest BCUT2D eigenvalue weighted by atomic mass is 10.0. The molecule has 0 aliphatic carbocycles. The normalized spacial score (nSPS) is 12.8. The van der Waals surface area contributed by atoms with Gasteiger partial charge in [-0.1, -0.05) is 212 Å². The van der Waals surface area contributed by atoms with Crippen molar-refractivity contribution in [2.75, 3.05) is 13.2 Å². The molecule has 0 aliphatic heterocycles. The summed E-state index contributed by atoms with van der Waals surface area (Å²) in [7, 11) is 0. The molecule has 1 amide bonds. The predicted octanol–water partition coefficient (Wildman–Crippen LogP) is 15.5. The van der Waals surface area contributed by atoms with Crippen LogP contribution in [0.1, 0.15) is 277 Å². The fourth-order valence-electron chi connectivity index (χ4n) is 7.92. The Morgan fingerprint density at radius 2 is 0.797 bits per heavy atom. The molecule has 0 spiro atoms. The lowest BCUT2D eigenvalue weighted by Crippen LogP contribution is -2.45. The molecule has 2 atom stereocenters. The van der Waals surface area contributed by atoms with E-state index in [0.717, 1.165) is 64.2 Å². The second-order valence-corrected chi connectivity index (χ2v) is 17.8. The summed E-state index contributed by atoms with van der Waals surface area (Å²) < 4.78 is 5.46. The number of amides is 1. The maximum Gasteiger partial charge on any atom is 0.305 e. The molecule has 6 heteroatoms. The van der Waals surface area contributed by atoms with Gasteiger partial charge in [0, 0.05) is 12.8 Å². The highest BCUT2D eigenvalue weighted by Gasteiger charge is 2.20. The molecular formula is C53H101NO5. The number of aliphatic hydroxyl groups excluding tert-OH is 2. The van der Waals surface area contributed by atoms with E-state index < -0.39 is 12.1 Å². The zero-order valence-electron chi connectivity index (χ0n) is 39.5. The smallest absolute Gasteiger partial charge is 0.305 e. The van der Waals surface area contributed by atoms with Gasteiger partial charge in [-0.15, -0.1) is 0 Å². The molecule has 2 unspecified atom stereocenters. The standard InChI is InChI=1S/C53H101NO5/c1-3-5-7-9-11-13-15-16-17-21-24-27-31-35-39-43-47-53(58)59-48-44-40-36-32-28-25-22-19-18-20-23-26-30-34-38-42-46-52(57)54-50(49-55)51(56)45-41-37-33-29-14-12-10-8-6-4-2/h17-18,20-21,50-51,55-56H,3-16,19,22-49H2,1-2H3,(H,54,57)/b20-18-,21-17-. The average molecular weight is 832 g/mol. The van der Waals surface area contributed by atoms with Crippen molar-refractivity contribution in [2.24, 2.45) is 0 Å². The number of aliphatic hydroxyl groups is 2. The van der Waals surface area contributed by atoms with E-state index in [1.807, 2.05) is 0 Å². The highest BCUT2D eigenvalue weighted by Crippen LogP contribution is 2.15. The maximum absolute atomic E-state index is 12.4. The van der Waals surface area contributed by atoms with E-state index in [0.29, 0.717) is 25.9 Å². The van der Waals surface area contributed by atoms with Gasteiger partial charge >= 0.3 is 5.97 Å². The fourth-order valence-corrected chi connectivity index (χ4v) is 7.92. The topological polar surface area (TPSA) is 95.9 Å². The molecule has 0 bridgehead atoms. The Morgan fingerprint density at radius 1 is 0.458 bits per heavy atom. The number of allylic oxidation sites excluding steroid dienone is 4. The van der Waals surface area contributed by atoms with Crippen LogP contribution in [0.5, 0.6) is 0 Å². The molecule has 6 nitrogen and oxygen atoms in total. The van der Waals surface area contributed by atoms with Crippen molar-refractivity contribution in [1.82, 2.24) is 5.32 Å². The largest absolute Gasteiger partial charge is 0.466 e. The number of carbonyl (C=O) groups excluding carboxylic acids is 2. The number of nitrogens with one attached hydrogen (secondary N) is 1. The number of rotatable bonds is 48. The second-order valence-electron chi connectivity index (χ2n) is 17.8. The minimum absolute atomic E-state index is 0.0106. The monoisotopic (exact) mass is 832 g/mol. The van der Waals surface area contributed by atoms with Gasteiger partial charge in [0.15, 0.2) is 0 Å². The van der Waals surface area contributed by atoms with Gasteiger partial charge in [0.05, 0.1) is 25.4 Å². The summed E-state index contributed by atoms with van der Waals surface area (Å²) in [4.78, 5) is 24.4. The minimum Gasteiger partial charge on any atom is -0.466 e. The molecule has 0 saturated heterocycles. The summed E-state index contributed by atoms with van der Waals surface area (Å²) >= 11 is 0. The third-order valence-corrected chi connectivity index (χ3v) is 12.0. The molecule has 3 N–H and O–H groups in total. The van der Waals surface area contributed by atoms with E-state index in [2.05, 4.69) is 43.5 Å². The molecule has 0 saturated carbocycles. The first-order chi connectivity index (χ1) is 29.0. The van der Waals surface area contributed by atoms with Crippen LogP contribution in [0, 0.1) is 0 Å². The lowest BCUT2D eigenvalue weighted by Gasteiger charge is -2.22. The van der Waals surface area contributed by atoms with Crippen molar-refractivity contribution in [3.05, 3.63) is 24.3 Å². The molecule has 59 heavy (non-hydrogen) atoms. The van der Waals surface area contributed by atoms with Gasteiger partial charge in [-0.3, -0.25) is 9.59 Å². The third kappa shape index (κ3) is 45.7. The highest BCUT2D eigenvalue weighted by molar-refractivity contribution is 5.76. The Bertz CT molecular complexity index is 920. The number of carbonyl (C=O) groups is 2. The Morgan fingerprint density at radius 3 is 1.20 bits per heavy atom. The Labute approximate surface area is 367 Å². The van der Waals surface area contributed by atoms with Crippen LogP contribution in [0.2, 0.25) is 0 Å². The van der Waals surface area contributed by atoms with Gasteiger partial charge in [0.2, 0.25) is 5.91 Å². The van der Waals surface area contributed by atoms with Crippen LogP contribution in [0.4, 0.5) is 0 Å². The number of ether oxygens (including phenoxy) is 1. The molecular weight excluding hydrogens is 731 g/mol. The van der Waals surface area contributed by atoms with E-state index in [-0.39, 0.29) is 18.5 Å². The van der Waals surface area contributed by atoms with Crippen molar-refractivity contribution in [1.29, 1.82) is 0 Å². The third-order valence-electron chi connectivity index (χ3n) is 12.0. The van der Waals surface area contributed by atoms with Gasteiger partial charge in [-0.25, -0.2) is 0 Å². The molecule has 0 aromatic heterocycles. The first-order valence-electron chi connectivity index (χ1n) is 26.1.